The first-order valence-corrected chi connectivity index (χ1v) is 4.99. The van der Waals surface area contributed by atoms with E-state index in [9.17, 15) is 19.2 Å². The number of ether oxygens (including phenoxy) is 1. The van der Waals surface area contributed by atoms with Crippen LogP contribution in [0.4, 0.5) is 11.5 Å². The number of rotatable bonds is 2. The Morgan fingerprint density at radius 2 is 2.17 bits per heavy atom. The van der Waals surface area contributed by atoms with Gasteiger partial charge in [0.2, 0.25) is 6.41 Å². The summed E-state index contributed by atoms with van der Waals surface area (Å²) in [7, 11) is 1.20. The van der Waals surface area contributed by atoms with E-state index < -0.39 is 23.3 Å². The maximum absolute atomic E-state index is 11.6. The number of esters is 1. The second kappa shape index (κ2) is 4.35. The molecule has 0 radical (unpaired) electrons. The van der Waals surface area contributed by atoms with Crippen molar-refractivity contribution in [1.29, 1.82) is 0 Å². The molecule has 0 bridgehead atoms. The number of methoxy groups -OCH3 is 1. The molecule has 1 amide bonds. The monoisotopic (exact) mass is 254 g/mol. The quantitative estimate of drug-likeness (QED) is 0.414. The first kappa shape index (κ1) is 11.9. The Labute approximate surface area is 99.8 Å². The zero-order valence-corrected chi connectivity index (χ0v) is 9.35. The molecule has 1 aromatic heterocycles. The van der Waals surface area contributed by atoms with Crippen molar-refractivity contribution in [3.63, 3.8) is 0 Å². The molecule has 9 nitrogen and oxygen atoms in total. The zero-order chi connectivity index (χ0) is 13.3. The lowest BCUT2D eigenvalue weighted by Gasteiger charge is -2.30. The molecule has 1 aliphatic rings. The number of hydrogen-bond donors (Lipinski definition) is 3. The molecule has 1 unspecified atom stereocenters. The van der Waals surface area contributed by atoms with Crippen LogP contribution in [0.25, 0.3) is 0 Å². The molecule has 1 aliphatic heterocycles. The van der Waals surface area contributed by atoms with Gasteiger partial charge in [0.25, 0.3) is 5.56 Å². The summed E-state index contributed by atoms with van der Waals surface area (Å²) in [4.78, 5) is 50.4. The highest BCUT2D eigenvalue weighted by molar-refractivity contribution is 5.89. The van der Waals surface area contributed by atoms with Gasteiger partial charge in [-0.3, -0.25) is 19.6 Å². The van der Waals surface area contributed by atoms with Crippen LogP contribution in [-0.2, 0) is 14.3 Å². The highest BCUT2D eigenvalue weighted by atomic mass is 16.5. The van der Waals surface area contributed by atoms with E-state index in [0.717, 1.165) is 4.90 Å². The maximum Gasteiger partial charge on any atom is 0.330 e. The number of carbonyl (C=O) groups is 2. The molecule has 1 atom stereocenters. The van der Waals surface area contributed by atoms with Crippen LogP contribution in [-0.4, -0.2) is 42.0 Å². The lowest BCUT2D eigenvalue weighted by molar-refractivity contribution is -0.141. The molecule has 9 heteroatoms. The third-order valence-electron chi connectivity index (χ3n) is 2.52. The van der Waals surface area contributed by atoms with Gasteiger partial charge in [-0.15, -0.1) is 0 Å². The normalized spacial score (nSPS) is 17.6. The van der Waals surface area contributed by atoms with Gasteiger partial charge in [0, 0.05) is 0 Å². The summed E-state index contributed by atoms with van der Waals surface area (Å²) in [5, 5.41) is 2.64. The largest absolute Gasteiger partial charge is 0.467 e. The Bertz CT molecular complexity index is 604. The standard InChI is InChI=1S/C9H10N4O5/c1-18-8(16)4-2-13(3-14)5-6(10-4)11-9(17)12-7(5)15/h3-4H,2H2,1H3,(H3,10,11,12,15,17). The SMILES string of the molecule is COC(=O)C1CN(C=O)c2c([nH]c(=O)[nH]c2=O)N1. The van der Waals surface area contributed by atoms with E-state index in [4.69, 9.17) is 0 Å². The lowest BCUT2D eigenvalue weighted by Crippen LogP contribution is -2.49. The molecule has 0 aromatic carbocycles. The summed E-state index contributed by atoms with van der Waals surface area (Å²) < 4.78 is 4.54. The molecule has 18 heavy (non-hydrogen) atoms. The van der Waals surface area contributed by atoms with E-state index in [1.807, 2.05) is 4.98 Å². The van der Waals surface area contributed by atoms with Crippen LogP contribution in [0.3, 0.4) is 0 Å². The van der Waals surface area contributed by atoms with Crippen molar-refractivity contribution in [1.82, 2.24) is 9.97 Å². The first-order chi connectivity index (χ1) is 8.56. The minimum Gasteiger partial charge on any atom is -0.467 e. The maximum atomic E-state index is 11.6. The number of aromatic nitrogens is 2. The Kier molecular flexibility index (Phi) is 2.88. The topological polar surface area (TPSA) is 124 Å². The molecule has 0 fully saturated rings. The molecule has 0 saturated carbocycles. The highest BCUT2D eigenvalue weighted by Crippen LogP contribution is 2.22. The molecule has 1 aromatic rings. The fraction of sp³-hybridized carbons (Fsp3) is 0.333. The number of aromatic amines is 2. The fourth-order valence-electron chi connectivity index (χ4n) is 1.74. The van der Waals surface area contributed by atoms with Gasteiger partial charge in [-0.25, -0.2) is 9.59 Å². The number of nitrogens with zero attached hydrogens (tertiary/aromatic N) is 1. The van der Waals surface area contributed by atoms with Crippen molar-refractivity contribution in [3.8, 4) is 0 Å². The Morgan fingerprint density at radius 1 is 1.44 bits per heavy atom. The van der Waals surface area contributed by atoms with Crippen LogP contribution in [0.5, 0.6) is 0 Å². The molecule has 3 N–H and O–H groups in total. The molecule has 0 aliphatic carbocycles. The summed E-state index contributed by atoms with van der Waals surface area (Å²) >= 11 is 0. The number of fused-ring (bicyclic) bond motifs is 1. The zero-order valence-electron chi connectivity index (χ0n) is 9.35. The van der Waals surface area contributed by atoms with Crippen LogP contribution in [0.15, 0.2) is 9.59 Å². The molecule has 0 saturated heterocycles. The van der Waals surface area contributed by atoms with Gasteiger partial charge in [-0.2, -0.15) is 0 Å². The average molecular weight is 254 g/mol. The van der Waals surface area contributed by atoms with Gasteiger partial charge in [0.15, 0.2) is 5.69 Å². The van der Waals surface area contributed by atoms with E-state index in [0.29, 0.717) is 6.41 Å². The summed E-state index contributed by atoms with van der Waals surface area (Å²) in [5.74, 6) is -0.592. The lowest BCUT2D eigenvalue weighted by atomic mass is 10.2. The van der Waals surface area contributed by atoms with Gasteiger partial charge in [-0.05, 0) is 0 Å². The molecule has 2 heterocycles. The predicted octanol–water partition coefficient (Wildman–Crippen LogP) is -2.01. The van der Waals surface area contributed by atoms with Crippen molar-refractivity contribution >= 4 is 23.9 Å². The Hall–Kier alpha value is -2.58. The number of amides is 1. The van der Waals surface area contributed by atoms with Crippen LogP contribution < -0.4 is 21.5 Å². The third-order valence-corrected chi connectivity index (χ3v) is 2.52. The van der Waals surface area contributed by atoms with Crippen LogP contribution in [0.2, 0.25) is 0 Å². The third kappa shape index (κ3) is 1.85. The van der Waals surface area contributed by atoms with Crippen LogP contribution in [0, 0.1) is 0 Å². The fourth-order valence-corrected chi connectivity index (χ4v) is 1.74. The van der Waals surface area contributed by atoms with Gasteiger partial charge in [-0.1, -0.05) is 0 Å². The minimum absolute atomic E-state index is 0.0116. The van der Waals surface area contributed by atoms with Crippen LogP contribution in [0.1, 0.15) is 0 Å². The number of anilines is 2. The number of H-pyrrole nitrogens is 2. The van der Waals surface area contributed by atoms with Crippen molar-refractivity contribution in [2.45, 2.75) is 6.04 Å². The molecular weight excluding hydrogens is 244 g/mol. The second-order valence-electron chi connectivity index (χ2n) is 3.61. The van der Waals surface area contributed by atoms with Gasteiger partial charge >= 0.3 is 11.7 Å². The van der Waals surface area contributed by atoms with Crippen molar-refractivity contribution in [3.05, 3.63) is 20.8 Å². The molecule has 0 spiro atoms. The number of hydrogen-bond acceptors (Lipinski definition) is 6. The molecule has 2 rings (SSSR count). The molecular formula is C9H10N4O5. The van der Waals surface area contributed by atoms with E-state index >= 15 is 0 Å². The Balaban J connectivity index is 2.52. The average Bonchev–Trinajstić information content (AvgIpc) is 2.35. The molecule has 96 valence electrons. The van der Waals surface area contributed by atoms with Gasteiger partial charge in [0.1, 0.15) is 11.9 Å². The van der Waals surface area contributed by atoms with E-state index in [2.05, 4.69) is 15.0 Å². The first-order valence-electron chi connectivity index (χ1n) is 4.99. The van der Waals surface area contributed by atoms with E-state index in [1.165, 1.54) is 7.11 Å². The summed E-state index contributed by atoms with van der Waals surface area (Å²) in [5.41, 5.74) is -1.48. The van der Waals surface area contributed by atoms with Crippen molar-refractivity contribution < 1.29 is 14.3 Å². The smallest absolute Gasteiger partial charge is 0.330 e. The van der Waals surface area contributed by atoms with E-state index in [-0.39, 0.29) is 18.1 Å². The Morgan fingerprint density at radius 3 is 2.78 bits per heavy atom. The van der Waals surface area contributed by atoms with E-state index in [1.54, 1.807) is 0 Å². The summed E-state index contributed by atoms with van der Waals surface area (Å²) in [6.45, 7) is -0.0572. The predicted molar refractivity (Wildman–Crippen MR) is 60.5 cm³/mol. The number of carbonyl (C=O) groups excluding carboxylic acids is 2. The van der Waals surface area contributed by atoms with Crippen molar-refractivity contribution in [2.75, 3.05) is 23.9 Å². The summed E-state index contributed by atoms with van der Waals surface area (Å²) in [6.07, 6.45) is 0.406. The highest BCUT2D eigenvalue weighted by Gasteiger charge is 2.31. The van der Waals surface area contributed by atoms with Crippen molar-refractivity contribution in [2.24, 2.45) is 0 Å². The second-order valence-corrected chi connectivity index (χ2v) is 3.61. The van der Waals surface area contributed by atoms with Gasteiger partial charge in [0.05, 0.1) is 13.7 Å². The minimum atomic E-state index is -0.842. The van der Waals surface area contributed by atoms with Gasteiger partial charge < -0.3 is 15.0 Å². The summed E-state index contributed by atoms with van der Waals surface area (Å²) in [6, 6.07) is -0.842. The van der Waals surface area contributed by atoms with Crippen LogP contribution >= 0.6 is 0 Å². The number of nitrogens with one attached hydrogen (secondary N) is 3.